The summed E-state index contributed by atoms with van der Waals surface area (Å²) in [6, 6.07) is 11.7. The number of rotatable bonds is 9. The van der Waals surface area contributed by atoms with Crippen molar-refractivity contribution in [2.24, 2.45) is 0 Å². The molecule has 0 aliphatic rings. The molecule has 4 N–H and O–H groups in total. The quantitative estimate of drug-likeness (QED) is 0.314. The monoisotopic (exact) mass is 432 g/mol. The smallest absolute Gasteiger partial charge is 0.218 e. The first kappa shape index (κ1) is 21.9. The lowest BCUT2D eigenvalue weighted by atomic mass is 10.0. The van der Waals surface area contributed by atoms with Gasteiger partial charge < -0.3 is 25.3 Å². The molecule has 2 aromatic rings. The zero-order valence-corrected chi connectivity index (χ0v) is 15.8. The SMILES string of the molecule is Nc1ccc(OC(c2ccc(N)cc2)C(COS(=O)(=O)[O-])OS(=O)(=O)[O-])cc1. The highest BCUT2D eigenvalue weighted by atomic mass is 32.3. The first-order valence-corrected chi connectivity index (χ1v) is 10.2. The summed E-state index contributed by atoms with van der Waals surface area (Å²) in [6.07, 6.45) is -3.15. The Hall–Kier alpha value is -2.42. The van der Waals surface area contributed by atoms with Crippen molar-refractivity contribution >= 4 is 32.2 Å². The summed E-state index contributed by atoms with van der Waals surface area (Å²) >= 11 is 0. The molecule has 0 heterocycles. The van der Waals surface area contributed by atoms with Crippen molar-refractivity contribution in [1.29, 1.82) is 0 Å². The Labute approximate surface area is 161 Å². The highest BCUT2D eigenvalue weighted by molar-refractivity contribution is 7.81. The molecule has 154 valence electrons. The van der Waals surface area contributed by atoms with Gasteiger partial charge in [-0.2, -0.15) is 0 Å². The first-order valence-electron chi connectivity index (χ1n) is 7.55. The standard InChI is InChI=1S/C15H18N2O9S2/c16-11-3-1-10(2-4-11)15(25-13-7-5-12(17)6-8-13)14(26-28(21,22)23)9-24-27(18,19)20/h1-8,14-15H,9,16-17H2,(H,18,19,20)(H,21,22,23)/p-2. The van der Waals surface area contributed by atoms with Gasteiger partial charge in [0.1, 0.15) is 11.9 Å². The maximum Gasteiger partial charge on any atom is 0.218 e. The van der Waals surface area contributed by atoms with Crippen LogP contribution >= 0.6 is 0 Å². The Morgan fingerprint density at radius 3 is 1.79 bits per heavy atom. The lowest BCUT2D eigenvalue weighted by molar-refractivity contribution is 0.0164. The van der Waals surface area contributed by atoms with E-state index in [9.17, 15) is 25.9 Å². The summed E-state index contributed by atoms with van der Waals surface area (Å²) in [4.78, 5) is 0. The summed E-state index contributed by atoms with van der Waals surface area (Å²) < 4.78 is 79.7. The number of hydrogen-bond acceptors (Lipinski definition) is 11. The van der Waals surface area contributed by atoms with Crippen LogP contribution in [0.5, 0.6) is 5.75 Å². The van der Waals surface area contributed by atoms with Crippen molar-refractivity contribution in [3.05, 3.63) is 54.1 Å². The van der Waals surface area contributed by atoms with E-state index in [1.807, 2.05) is 0 Å². The molecule has 0 radical (unpaired) electrons. The van der Waals surface area contributed by atoms with Crippen LogP contribution in [0.2, 0.25) is 0 Å². The molecule has 2 atom stereocenters. The van der Waals surface area contributed by atoms with E-state index in [-0.39, 0.29) is 11.3 Å². The van der Waals surface area contributed by atoms with Crippen molar-refractivity contribution < 1.29 is 39.0 Å². The van der Waals surface area contributed by atoms with Crippen LogP contribution in [0.25, 0.3) is 0 Å². The average Bonchev–Trinajstić information content (AvgIpc) is 2.57. The molecule has 0 saturated heterocycles. The van der Waals surface area contributed by atoms with Crippen LogP contribution in [0.3, 0.4) is 0 Å². The van der Waals surface area contributed by atoms with Crippen LogP contribution in [0.4, 0.5) is 11.4 Å². The van der Waals surface area contributed by atoms with Gasteiger partial charge in [-0.3, -0.25) is 8.37 Å². The normalized spacial score (nSPS) is 14.4. The molecule has 2 rings (SSSR count). The van der Waals surface area contributed by atoms with Gasteiger partial charge in [0.15, 0.2) is 6.10 Å². The fourth-order valence-electron chi connectivity index (χ4n) is 2.20. The highest BCUT2D eigenvalue weighted by Crippen LogP contribution is 2.29. The van der Waals surface area contributed by atoms with Gasteiger partial charge in [-0.1, -0.05) is 12.1 Å². The summed E-state index contributed by atoms with van der Waals surface area (Å²) in [5, 5.41) is 0. The molecule has 0 amide bonds. The number of benzene rings is 2. The molecule has 2 aromatic carbocycles. The number of anilines is 2. The number of nitrogen functional groups attached to an aromatic ring is 2. The third kappa shape index (κ3) is 7.30. The fourth-order valence-corrected chi connectivity index (χ4v) is 2.96. The van der Waals surface area contributed by atoms with Crippen LogP contribution in [-0.4, -0.2) is 38.7 Å². The zero-order chi connectivity index (χ0) is 20.9. The number of ether oxygens (including phenoxy) is 1. The minimum atomic E-state index is -5.30. The lowest BCUT2D eigenvalue weighted by Crippen LogP contribution is -2.34. The summed E-state index contributed by atoms with van der Waals surface area (Å²) in [5.41, 5.74) is 12.3. The van der Waals surface area contributed by atoms with Gasteiger partial charge in [-0.25, -0.2) is 16.8 Å². The minimum Gasteiger partial charge on any atom is -0.726 e. The molecule has 2 unspecified atom stereocenters. The van der Waals surface area contributed by atoms with Crippen LogP contribution in [-0.2, 0) is 29.2 Å². The van der Waals surface area contributed by atoms with E-state index < -0.39 is 39.6 Å². The van der Waals surface area contributed by atoms with E-state index >= 15 is 0 Å². The molecule has 0 saturated carbocycles. The van der Waals surface area contributed by atoms with Gasteiger partial charge in [0.25, 0.3) is 0 Å². The largest absolute Gasteiger partial charge is 0.726 e. The van der Waals surface area contributed by atoms with E-state index in [1.165, 1.54) is 48.5 Å². The minimum absolute atomic E-state index is 0.193. The lowest BCUT2D eigenvalue weighted by Gasteiger charge is -2.29. The van der Waals surface area contributed by atoms with Crippen molar-refractivity contribution in [2.75, 3.05) is 18.1 Å². The number of hydrogen-bond donors (Lipinski definition) is 2. The molecule has 0 spiro atoms. The van der Waals surface area contributed by atoms with E-state index in [4.69, 9.17) is 16.2 Å². The predicted molar refractivity (Wildman–Crippen MR) is 95.3 cm³/mol. The highest BCUT2D eigenvalue weighted by Gasteiger charge is 2.30. The fraction of sp³-hybridized carbons (Fsp3) is 0.200. The van der Waals surface area contributed by atoms with Crippen molar-refractivity contribution in [2.45, 2.75) is 12.2 Å². The van der Waals surface area contributed by atoms with Crippen LogP contribution in [0, 0.1) is 0 Å². The van der Waals surface area contributed by atoms with Crippen molar-refractivity contribution in [3.63, 3.8) is 0 Å². The molecule has 13 heteroatoms. The Balaban J connectivity index is 2.43. The van der Waals surface area contributed by atoms with Crippen molar-refractivity contribution in [1.82, 2.24) is 0 Å². The van der Waals surface area contributed by atoms with Crippen LogP contribution < -0.4 is 16.2 Å². The summed E-state index contributed by atoms with van der Waals surface area (Å²) in [7, 11) is -10.5. The van der Waals surface area contributed by atoms with Gasteiger partial charge in [0, 0.05) is 11.4 Å². The second-order valence-electron chi connectivity index (χ2n) is 5.51. The Morgan fingerprint density at radius 2 is 1.32 bits per heavy atom. The Kier molecular flexibility index (Phi) is 6.82. The molecule has 0 fully saturated rings. The topological polar surface area (TPSA) is 194 Å². The second-order valence-corrected chi connectivity index (χ2v) is 7.57. The molecule has 28 heavy (non-hydrogen) atoms. The summed E-state index contributed by atoms with van der Waals surface area (Å²) in [5.74, 6) is 0.193. The van der Waals surface area contributed by atoms with Gasteiger partial charge in [0.2, 0.25) is 20.8 Å². The molecule has 11 nitrogen and oxygen atoms in total. The molecule has 0 bridgehead atoms. The van der Waals surface area contributed by atoms with E-state index in [0.717, 1.165) is 0 Å². The maximum atomic E-state index is 11.1. The average molecular weight is 432 g/mol. The van der Waals surface area contributed by atoms with Gasteiger partial charge >= 0.3 is 0 Å². The van der Waals surface area contributed by atoms with E-state index in [0.29, 0.717) is 11.4 Å². The predicted octanol–water partition coefficient (Wildman–Crippen LogP) is 0.293. The van der Waals surface area contributed by atoms with Crippen LogP contribution in [0.1, 0.15) is 11.7 Å². The van der Waals surface area contributed by atoms with E-state index in [2.05, 4.69) is 8.37 Å². The van der Waals surface area contributed by atoms with Gasteiger partial charge in [-0.05, 0) is 42.0 Å². The molecule has 0 aliphatic heterocycles. The van der Waals surface area contributed by atoms with Crippen molar-refractivity contribution in [3.8, 4) is 5.75 Å². The second kappa shape index (κ2) is 8.72. The molecule has 0 aliphatic carbocycles. The first-order chi connectivity index (χ1) is 12.9. The third-order valence-corrected chi connectivity index (χ3v) is 4.27. The Morgan fingerprint density at radius 1 is 0.821 bits per heavy atom. The van der Waals surface area contributed by atoms with Gasteiger partial charge in [0.05, 0.1) is 6.61 Å². The Bertz CT molecular complexity index is 991. The molecular formula is C15H16N2O9S2-2. The maximum absolute atomic E-state index is 11.1. The van der Waals surface area contributed by atoms with Crippen LogP contribution in [0.15, 0.2) is 48.5 Å². The third-order valence-electron chi connectivity index (χ3n) is 3.36. The van der Waals surface area contributed by atoms with Gasteiger partial charge in [-0.15, -0.1) is 0 Å². The zero-order valence-electron chi connectivity index (χ0n) is 14.1. The number of nitrogens with two attached hydrogens (primary N) is 2. The molecule has 0 aromatic heterocycles. The summed E-state index contributed by atoms with van der Waals surface area (Å²) in [6.45, 7) is -1.09. The molecular weight excluding hydrogens is 416 g/mol. The van der Waals surface area contributed by atoms with E-state index in [1.54, 1.807) is 0 Å².